The molecule has 2 aliphatic rings. The highest BCUT2D eigenvalue weighted by atomic mass is 35.5. The zero-order valence-electron chi connectivity index (χ0n) is 37.0. The number of ether oxygens (including phenoxy) is 5. The highest BCUT2D eigenvalue weighted by Gasteiger charge is 2.64. The lowest BCUT2D eigenvalue weighted by Gasteiger charge is -2.42. The van der Waals surface area contributed by atoms with Gasteiger partial charge >= 0.3 is 12.1 Å². The van der Waals surface area contributed by atoms with Crippen molar-refractivity contribution in [3.05, 3.63) is 64.7 Å². The van der Waals surface area contributed by atoms with Gasteiger partial charge in [0.15, 0.2) is 5.72 Å². The first-order valence-corrected chi connectivity index (χ1v) is 23.4. The summed E-state index contributed by atoms with van der Waals surface area (Å²) >= 11 is 6.73. The van der Waals surface area contributed by atoms with Crippen LogP contribution in [0.15, 0.2) is 54.1 Å². The van der Waals surface area contributed by atoms with Gasteiger partial charge in [-0.1, -0.05) is 90.8 Å². The largest absolute Gasteiger partial charge is 0.496 e. The molecule has 2 aromatic carbocycles. The highest BCUT2D eigenvalue weighted by molar-refractivity contribution is 8.76. The van der Waals surface area contributed by atoms with E-state index in [4.69, 9.17) is 35.3 Å². The lowest BCUT2D eigenvalue weighted by atomic mass is 9.84. The molecule has 0 bridgehead atoms. The average Bonchev–Trinajstić information content (AvgIpc) is 3.90. The molecule has 0 aromatic heterocycles. The van der Waals surface area contributed by atoms with Crippen LogP contribution in [-0.4, -0.2) is 105 Å². The van der Waals surface area contributed by atoms with E-state index >= 15 is 0 Å². The Bertz CT molecular complexity index is 1950. The number of carbonyl (C=O) groups is 4. The van der Waals surface area contributed by atoms with E-state index in [1.54, 1.807) is 61.6 Å². The maximum absolute atomic E-state index is 12.9. The molecule has 61 heavy (non-hydrogen) atoms. The number of hydrogen-bond acceptors (Lipinski definition) is 13. The lowest BCUT2D eigenvalue weighted by molar-refractivity contribution is -0.156. The van der Waals surface area contributed by atoms with Crippen molar-refractivity contribution in [2.24, 2.45) is 11.8 Å². The van der Waals surface area contributed by atoms with Gasteiger partial charge in [0, 0.05) is 62.9 Å². The molecule has 0 saturated carbocycles. The normalized spacial score (nSPS) is 23.4. The van der Waals surface area contributed by atoms with Gasteiger partial charge in [0.1, 0.15) is 35.9 Å². The molecule has 1 unspecified atom stereocenters. The van der Waals surface area contributed by atoms with Gasteiger partial charge in [0.05, 0.1) is 29.8 Å². The van der Waals surface area contributed by atoms with E-state index in [9.17, 15) is 24.3 Å². The SMILES string of the molecule is COc1cc(C/C(C)=C/C=C/[C@@H](OC)[C@@]2(O)C[C@@H]([C@@H](C)[C@@H]3O[C@@]3(C)[C@H](CC=O)OC(=O)C(C)C)OC(=O)N2)cc(N(C)C)c1-c1ccc(NC(=O)CCC(C)SSC)c(Cl)c1. The summed E-state index contributed by atoms with van der Waals surface area (Å²) in [5.41, 5.74) is 2.37. The fourth-order valence-corrected chi connectivity index (χ4v) is 9.58. The van der Waals surface area contributed by atoms with E-state index in [0.717, 1.165) is 34.4 Å². The van der Waals surface area contributed by atoms with Crippen LogP contribution in [0.2, 0.25) is 5.02 Å². The van der Waals surface area contributed by atoms with Crippen LogP contribution in [0.4, 0.5) is 16.2 Å². The van der Waals surface area contributed by atoms with Crippen LogP contribution in [0.25, 0.3) is 11.1 Å². The molecule has 13 nitrogen and oxygen atoms in total. The van der Waals surface area contributed by atoms with Crippen molar-refractivity contribution in [1.29, 1.82) is 0 Å². The van der Waals surface area contributed by atoms with Crippen LogP contribution in [0.3, 0.4) is 0 Å². The maximum Gasteiger partial charge on any atom is 0.409 e. The molecule has 16 heteroatoms. The number of benzene rings is 2. The zero-order chi connectivity index (χ0) is 45.2. The molecular formula is C45H62ClN3O10S2. The molecule has 2 fully saturated rings. The highest BCUT2D eigenvalue weighted by Crippen LogP contribution is 2.49. The predicted octanol–water partition coefficient (Wildman–Crippen LogP) is 8.40. The van der Waals surface area contributed by atoms with Gasteiger partial charge in [-0.05, 0) is 68.3 Å². The molecule has 2 saturated heterocycles. The second kappa shape index (κ2) is 22.1. The second-order valence-corrected chi connectivity index (χ2v) is 19.7. The molecule has 2 amide bonds. The molecule has 0 spiro atoms. The van der Waals surface area contributed by atoms with Gasteiger partial charge in [0.2, 0.25) is 5.91 Å². The van der Waals surface area contributed by atoms with Crippen molar-refractivity contribution >= 4 is 68.8 Å². The minimum Gasteiger partial charge on any atom is -0.496 e. The Morgan fingerprint density at radius 3 is 2.49 bits per heavy atom. The number of hydrogen-bond donors (Lipinski definition) is 3. The maximum atomic E-state index is 12.9. The smallest absolute Gasteiger partial charge is 0.409 e. The molecule has 2 heterocycles. The number of anilines is 2. The monoisotopic (exact) mass is 903 g/mol. The van der Waals surface area contributed by atoms with Gasteiger partial charge in [-0.25, -0.2) is 4.79 Å². The van der Waals surface area contributed by atoms with Crippen molar-refractivity contribution in [1.82, 2.24) is 5.32 Å². The molecule has 2 aliphatic heterocycles. The number of alkyl carbamates (subject to hydrolysis) is 1. The number of halogens is 1. The number of aliphatic hydroxyl groups is 1. The first-order chi connectivity index (χ1) is 28.8. The summed E-state index contributed by atoms with van der Waals surface area (Å²) < 4.78 is 28.9. The van der Waals surface area contributed by atoms with Gasteiger partial charge in [-0.15, -0.1) is 0 Å². The third kappa shape index (κ3) is 12.9. The van der Waals surface area contributed by atoms with Crippen LogP contribution >= 0.6 is 33.2 Å². The number of amides is 2. The van der Waals surface area contributed by atoms with Crippen molar-refractivity contribution < 1.29 is 48.0 Å². The number of esters is 1. The third-order valence-electron chi connectivity index (χ3n) is 11.0. The topological polar surface area (TPSA) is 165 Å². The molecule has 3 N–H and O–H groups in total. The minimum absolute atomic E-state index is 0.0231. The number of nitrogens with one attached hydrogen (secondary N) is 2. The Morgan fingerprint density at radius 1 is 1.16 bits per heavy atom. The Morgan fingerprint density at radius 2 is 1.89 bits per heavy atom. The van der Waals surface area contributed by atoms with Crippen LogP contribution in [0.5, 0.6) is 5.75 Å². The van der Waals surface area contributed by atoms with Crippen molar-refractivity contribution in [3.8, 4) is 16.9 Å². The third-order valence-corrected chi connectivity index (χ3v) is 13.6. The summed E-state index contributed by atoms with van der Waals surface area (Å²) in [6.45, 7) is 11.1. The minimum atomic E-state index is -1.82. The summed E-state index contributed by atoms with van der Waals surface area (Å²) in [5, 5.41) is 18.1. The van der Waals surface area contributed by atoms with E-state index < -0.39 is 53.7 Å². The Hall–Kier alpha value is -3.73. The molecule has 2 aromatic rings. The van der Waals surface area contributed by atoms with E-state index in [1.165, 1.54) is 7.11 Å². The van der Waals surface area contributed by atoms with E-state index in [2.05, 4.69) is 23.6 Å². The molecular weight excluding hydrogens is 842 g/mol. The standard InChI is InChI=1S/C45H62ClN3O10S2/c1-26(2)42(52)58-37(19-20-50)44(6)41(59-44)29(5)36-25-45(54,48-43(53)57-36)38(56-10)14-12-13-27(3)21-30-22-34(49(7)8)40(35(23-30)55-9)31-16-17-33(32(46)24-31)47-39(51)18-15-28(4)61-60-11/h12-14,16-17,20,22-24,26,28-29,36-38,41,54H,15,18-19,21,25H2,1-11H3,(H,47,51)(H,48,53)/b14-12+,27-13+/t28?,29-,36+,37+,38-,41+,44+,45+/m1/s1. The summed E-state index contributed by atoms with van der Waals surface area (Å²) in [6, 6.07) is 9.66. The van der Waals surface area contributed by atoms with E-state index in [-0.39, 0.29) is 24.7 Å². The first kappa shape index (κ1) is 49.9. The number of nitrogens with zero attached hydrogens (tertiary/aromatic N) is 1. The van der Waals surface area contributed by atoms with Crippen LogP contribution in [0.1, 0.15) is 72.8 Å². The quantitative estimate of drug-likeness (QED) is 0.0340. The second-order valence-electron chi connectivity index (χ2n) is 16.4. The number of cyclic esters (lactones) is 1. The Labute approximate surface area is 373 Å². The molecule has 0 aliphatic carbocycles. The summed E-state index contributed by atoms with van der Waals surface area (Å²) in [6.07, 6.45) is 5.91. The average molecular weight is 905 g/mol. The summed E-state index contributed by atoms with van der Waals surface area (Å²) in [4.78, 5) is 51.4. The van der Waals surface area contributed by atoms with Crippen molar-refractivity contribution in [2.75, 3.05) is 44.8 Å². The number of rotatable bonds is 22. The number of carbonyl (C=O) groups excluding carboxylic acids is 4. The molecule has 336 valence electrons. The van der Waals surface area contributed by atoms with Gasteiger partial charge < -0.3 is 43.8 Å². The number of allylic oxidation sites excluding steroid dienone is 3. The summed E-state index contributed by atoms with van der Waals surface area (Å²) in [7, 11) is 10.4. The summed E-state index contributed by atoms with van der Waals surface area (Å²) in [5.74, 6) is -0.676. The van der Waals surface area contributed by atoms with E-state index in [1.807, 2.05) is 69.4 Å². The fourth-order valence-electron chi connectivity index (χ4n) is 7.54. The number of methoxy groups -OCH3 is 2. The first-order valence-electron chi connectivity index (χ1n) is 20.4. The molecule has 0 radical (unpaired) electrons. The number of epoxide rings is 1. The van der Waals surface area contributed by atoms with Gasteiger partial charge in [-0.3, -0.25) is 14.9 Å². The van der Waals surface area contributed by atoms with Crippen LogP contribution in [-0.2, 0) is 39.8 Å². The van der Waals surface area contributed by atoms with Crippen molar-refractivity contribution in [2.45, 2.75) is 115 Å². The predicted molar refractivity (Wildman–Crippen MR) is 244 cm³/mol. The van der Waals surface area contributed by atoms with Gasteiger partial charge in [0.25, 0.3) is 0 Å². The van der Waals surface area contributed by atoms with E-state index in [0.29, 0.717) is 40.8 Å². The number of aldehydes is 1. The molecule has 8 atom stereocenters. The Kier molecular flexibility index (Phi) is 18.1. The lowest BCUT2D eigenvalue weighted by Crippen LogP contribution is -2.63. The fraction of sp³-hybridized carbons (Fsp3) is 0.556. The van der Waals surface area contributed by atoms with Crippen molar-refractivity contribution in [3.63, 3.8) is 0 Å². The van der Waals surface area contributed by atoms with Crippen LogP contribution < -0.4 is 20.3 Å². The molecule has 4 rings (SSSR count). The zero-order valence-corrected chi connectivity index (χ0v) is 39.4. The Balaban J connectivity index is 1.47. The van der Waals surface area contributed by atoms with Crippen LogP contribution in [0, 0.1) is 11.8 Å². The van der Waals surface area contributed by atoms with Gasteiger partial charge in [-0.2, -0.15) is 0 Å².